The molecule has 0 spiro atoms. The van der Waals surface area contributed by atoms with Gasteiger partial charge in [-0.25, -0.2) is 4.21 Å². The molecule has 0 amide bonds. The van der Waals surface area contributed by atoms with Crippen LogP contribution in [0.3, 0.4) is 0 Å². The number of allylic oxidation sites excluding steroid dienone is 1. The van der Waals surface area contributed by atoms with Crippen LogP contribution < -0.4 is 0 Å². The third kappa shape index (κ3) is 1.50. The Kier molecular flexibility index (Phi) is 2.25. The van der Waals surface area contributed by atoms with E-state index in [0.717, 1.165) is 0 Å². The van der Waals surface area contributed by atoms with Gasteiger partial charge in [0.05, 0.1) is 11.3 Å². The normalized spacial score (nSPS) is 25.5. The smallest absolute Gasteiger partial charge is 0.188 e. The first-order valence-electron chi connectivity index (χ1n) is 3.69. The van der Waals surface area contributed by atoms with E-state index >= 15 is 0 Å². The van der Waals surface area contributed by atoms with E-state index in [4.69, 9.17) is 0 Å². The second-order valence-electron chi connectivity index (χ2n) is 3.67. The average Bonchev–Trinajstić information content (AvgIpc) is 1.95. The fourth-order valence-corrected chi connectivity index (χ4v) is 1.66. The predicted octanol–water partition coefficient (Wildman–Crippen LogP) is 0.0388. The van der Waals surface area contributed by atoms with E-state index in [1.54, 1.807) is 13.8 Å². The molecule has 0 aromatic carbocycles. The maximum atomic E-state index is 10.4. The van der Waals surface area contributed by atoms with Gasteiger partial charge >= 0.3 is 0 Å². The molecule has 0 radical (unpaired) electrons. The molecular formula is C8H12O3S. The SMILES string of the molecule is CC1(C)CC(=S=O)C=CC1(O)O. The monoisotopic (exact) mass is 188 g/mol. The van der Waals surface area contributed by atoms with E-state index in [1.165, 1.54) is 12.2 Å². The summed E-state index contributed by atoms with van der Waals surface area (Å²) in [4.78, 5) is 0.638. The van der Waals surface area contributed by atoms with E-state index in [9.17, 15) is 14.4 Å². The minimum atomic E-state index is -1.80. The topological polar surface area (TPSA) is 57.5 Å². The second kappa shape index (κ2) is 2.80. The fraction of sp³-hybridized carbons (Fsp3) is 0.625. The number of aliphatic hydroxyl groups is 2. The second-order valence-corrected chi connectivity index (χ2v) is 4.36. The summed E-state index contributed by atoms with van der Waals surface area (Å²) in [5, 5.41) is 18.9. The van der Waals surface area contributed by atoms with Gasteiger partial charge in [-0.3, -0.25) is 0 Å². The molecule has 0 atom stereocenters. The number of rotatable bonds is 0. The van der Waals surface area contributed by atoms with Crippen molar-refractivity contribution in [2.24, 2.45) is 5.41 Å². The molecule has 0 saturated heterocycles. The molecular weight excluding hydrogens is 176 g/mol. The minimum Gasteiger partial charge on any atom is -0.362 e. The zero-order valence-corrected chi connectivity index (χ0v) is 7.89. The highest BCUT2D eigenvalue weighted by molar-refractivity contribution is 7.66. The molecule has 1 aliphatic carbocycles. The molecule has 1 rings (SSSR count). The van der Waals surface area contributed by atoms with Crippen molar-refractivity contribution in [3.8, 4) is 0 Å². The van der Waals surface area contributed by atoms with E-state index in [-0.39, 0.29) is 0 Å². The van der Waals surface area contributed by atoms with Gasteiger partial charge in [0.1, 0.15) is 0 Å². The summed E-state index contributed by atoms with van der Waals surface area (Å²) in [5.41, 5.74) is -0.686. The molecule has 68 valence electrons. The first-order chi connectivity index (χ1) is 5.39. The van der Waals surface area contributed by atoms with Crippen LogP contribution in [0.2, 0.25) is 0 Å². The molecule has 0 unspecified atom stereocenters. The van der Waals surface area contributed by atoms with Gasteiger partial charge in [0.15, 0.2) is 5.79 Å². The highest BCUT2D eigenvalue weighted by Crippen LogP contribution is 2.36. The molecule has 2 N–H and O–H groups in total. The molecule has 0 aromatic rings. The lowest BCUT2D eigenvalue weighted by molar-refractivity contribution is -0.193. The Bertz CT molecular complexity index is 272. The quantitative estimate of drug-likeness (QED) is 0.417. The van der Waals surface area contributed by atoms with Gasteiger partial charge < -0.3 is 10.2 Å². The molecule has 0 aliphatic heterocycles. The van der Waals surface area contributed by atoms with Crippen molar-refractivity contribution in [2.75, 3.05) is 0 Å². The Balaban J connectivity index is 3.09. The summed E-state index contributed by atoms with van der Waals surface area (Å²) in [5.74, 6) is -1.80. The number of hydrogen-bond donors (Lipinski definition) is 2. The van der Waals surface area contributed by atoms with E-state index in [2.05, 4.69) is 0 Å². The molecule has 1 aliphatic rings. The zero-order valence-electron chi connectivity index (χ0n) is 7.07. The highest BCUT2D eigenvalue weighted by atomic mass is 32.1. The minimum absolute atomic E-state index is 0.406. The molecule has 0 bridgehead atoms. The van der Waals surface area contributed by atoms with Gasteiger partial charge in [0.2, 0.25) is 0 Å². The van der Waals surface area contributed by atoms with E-state index in [0.29, 0.717) is 22.5 Å². The summed E-state index contributed by atoms with van der Waals surface area (Å²) in [6.07, 6.45) is 3.14. The van der Waals surface area contributed by atoms with Crippen LogP contribution in [0.1, 0.15) is 20.3 Å². The van der Waals surface area contributed by atoms with Crippen molar-refractivity contribution in [3.05, 3.63) is 12.2 Å². The molecule has 0 saturated carbocycles. The standard InChI is InChI=1S/C8H12O3S/c1-7(2)5-6(12-11)3-4-8(7,9)10/h3-4,9-10H,5H2,1-2H3. The van der Waals surface area contributed by atoms with Crippen LogP contribution in [0.5, 0.6) is 0 Å². The molecule has 12 heavy (non-hydrogen) atoms. The third-order valence-electron chi connectivity index (χ3n) is 2.22. The molecule has 4 heteroatoms. The lowest BCUT2D eigenvalue weighted by atomic mass is 9.76. The van der Waals surface area contributed by atoms with Crippen LogP contribution in [-0.2, 0) is 11.3 Å². The largest absolute Gasteiger partial charge is 0.362 e. The average molecular weight is 188 g/mol. The zero-order chi connectivity index (χ0) is 9.41. The molecule has 3 nitrogen and oxygen atoms in total. The first kappa shape index (κ1) is 9.64. The Labute approximate surface area is 74.8 Å². The van der Waals surface area contributed by atoms with Crippen LogP contribution in [0.4, 0.5) is 0 Å². The maximum absolute atomic E-state index is 10.4. The van der Waals surface area contributed by atoms with Gasteiger partial charge in [-0.1, -0.05) is 13.8 Å². The van der Waals surface area contributed by atoms with Crippen molar-refractivity contribution in [3.63, 3.8) is 0 Å². The van der Waals surface area contributed by atoms with Gasteiger partial charge in [0.25, 0.3) is 0 Å². The van der Waals surface area contributed by atoms with Crippen LogP contribution in [-0.4, -0.2) is 25.1 Å². The Morgan fingerprint density at radius 3 is 2.50 bits per heavy atom. The van der Waals surface area contributed by atoms with Gasteiger partial charge in [-0.05, 0) is 18.6 Å². The van der Waals surface area contributed by atoms with Crippen molar-refractivity contribution in [1.82, 2.24) is 0 Å². The van der Waals surface area contributed by atoms with Crippen LogP contribution >= 0.6 is 0 Å². The Hall–Kier alpha value is -0.450. The maximum Gasteiger partial charge on any atom is 0.188 e. The Morgan fingerprint density at radius 2 is 2.08 bits per heavy atom. The summed E-state index contributed by atoms with van der Waals surface area (Å²) in [6.45, 7) is 3.43. The summed E-state index contributed by atoms with van der Waals surface area (Å²) in [7, 11) is 0. The molecule has 0 fully saturated rings. The van der Waals surface area contributed by atoms with Crippen LogP contribution in [0.15, 0.2) is 12.2 Å². The molecule has 0 aromatic heterocycles. The summed E-state index contributed by atoms with van der Waals surface area (Å²) < 4.78 is 10.4. The first-order valence-corrected chi connectivity index (χ1v) is 4.43. The van der Waals surface area contributed by atoms with E-state index in [1.807, 2.05) is 0 Å². The Morgan fingerprint density at radius 1 is 1.50 bits per heavy atom. The third-order valence-corrected chi connectivity index (χ3v) is 2.72. The summed E-state index contributed by atoms with van der Waals surface area (Å²) in [6, 6.07) is 0. The van der Waals surface area contributed by atoms with Crippen molar-refractivity contribution < 1.29 is 14.4 Å². The van der Waals surface area contributed by atoms with Gasteiger partial charge in [0, 0.05) is 10.3 Å². The predicted molar refractivity (Wildman–Crippen MR) is 47.9 cm³/mol. The lowest BCUT2D eigenvalue weighted by Gasteiger charge is -2.38. The van der Waals surface area contributed by atoms with Crippen molar-refractivity contribution in [2.45, 2.75) is 26.1 Å². The lowest BCUT2D eigenvalue weighted by Crippen LogP contribution is -2.46. The summed E-state index contributed by atoms with van der Waals surface area (Å²) >= 11 is 0.406. The fourth-order valence-electron chi connectivity index (χ4n) is 1.12. The van der Waals surface area contributed by atoms with Crippen LogP contribution in [0.25, 0.3) is 0 Å². The van der Waals surface area contributed by atoms with Gasteiger partial charge in [-0.15, -0.1) is 0 Å². The molecule has 0 heterocycles. The highest BCUT2D eigenvalue weighted by Gasteiger charge is 2.42. The van der Waals surface area contributed by atoms with E-state index < -0.39 is 11.2 Å². The van der Waals surface area contributed by atoms with Gasteiger partial charge in [-0.2, -0.15) is 0 Å². The van der Waals surface area contributed by atoms with Crippen molar-refractivity contribution in [1.29, 1.82) is 0 Å². The number of hydrogen-bond acceptors (Lipinski definition) is 3. The van der Waals surface area contributed by atoms with Crippen molar-refractivity contribution >= 4 is 16.1 Å². The van der Waals surface area contributed by atoms with Crippen LogP contribution in [0, 0.1) is 5.41 Å².